The lowest BCUT2D eigenvalue weighted by Crippen LogP contribution is -2.34. The number of carbonyl (C=O) groups excluding carboxylic acids is 1. The van der Waals surface area contributed by atoms with Crippen molar-refractivity contribution in [3.63, 3.8) is 0 Å². The van der Waals surface area contributed by atoms with E-state index in [1.807, 2.05) is 6.07 Å². The van der Waals surface area contributed by atoms with Gasteiger partial charge in [0.05, 0.1) is 24.2 Å². The number of aliphatic carboxylic acids is 1. The molecule has 1 aromatic carbocycles. The van der Waals surface area contributed by atoms with Crippen molar-refractivity contribution in [1.82, 2.24) is 0 Å². The smallest absolute Gasteiger partial charge is 0.339 e. The van der Waals surface area contributed by atoms with Gasteiger partial charge >= 0.3 is 11.9 Å². The molecule has 0 unspecified atom stereocenters. The lowest BCUT2D eigenvalue weighted by atomic mass is 9.74. The van der Waals surface area contributed by atoms with Crippen molar-refractivity contribution in [2.24, 2.45) is 5.92 Å². The van der Waals surface area contributed by atoms with Crippen LogP contribution >= 0.6 is 0 Å². The summed E-state index contributed by atoms with van der Waals surface area (Å²) >= 11 is 0. The Balaban J connectivity index is 1.99. The molecular formula is C15H16O5. The number of fused-ring (bicyclic) bond motifs is 2. The van der Waals surface area contributed by atoms with Crippen LogP contribution in [0, 0.1) is 5.92 Å². The minimum absolute atomic E-state index is 0.340. The second-order valence-electron chi connectivity index (χ2n) is 5.38. The van der Waals surface area contributed by atoms with Gasteiger partial charge in [-0.05, 0) is 37.8 Å². The fraction of sp³-hybridized carbons (Fsp3) is 0.467. The number of carbonyl (C=O) groups is 2. The fourth-order valence-electron chi connectivity index (χ4n) is 3.31. The molecule has 5 nitrogen and oxygen atoms in total. The molecule has 1 aliphatic carbocycles. The first-order chi connectivity index (χ1) is 9.57. The van der Waals surface area contributed by atoms with Crippen LogP contribution in [0.3, 0.4) is 0 Å². The van der Waals surface area contributed by atoms with Crippen LogP contribution < -0.4 is 4.74 Å². The largest absolute Gasteiger partial charge is 0.496 e. The van der Waals surface area contributed by atoms with Crippen molar-refractivity contribution in [2.75, 3.05) is 7.11 Å². The van der Waals surface area contributed by atoms with Crippen molar-refractivity contribution in [2.45, 2.75) is 31.3 Å². The molecule has 0 saturated heterocycles. The van der Waals surface area contributed by atoms with Gasteiger partial charge in [-0.15, -0.1) is 0 Å². The fourth-order valence-corrected chi connectivity index (χ4v) is 3.31. The van der Waals surface area contributed by atoms with E-state index >= 15 is 0 Å². The maximum absolute atomic E-state index is 12.0. The summed E-state index contributed by atoms with van der Waals surface area (Å²) in [6.07, 6.45) is 2.09. The topological polar surface area (TPSA) is 72.8 Å². The minimum Gasteiger partial charge on any atom is -0.496 e. The van der Waals surface area contributed by atoms with Crippen LogP contribution in [0.15, 0.2) is 18.2 Å². The van der Waals surface area contributed by atoms with Crippen LogP contribution in [-0.2, 0) is 15.1 Å². The van der Waals surface area contributed by atoms with Gasteiger partial charge in [-0.1, -0.05) is 6.07 Å². The third-order valence-electron chi connectivity index (χ3n) is 4.35. The van der Waals surface area contributed by atoms with Gasteiger partial charge in [0.1, 0.15) is 11.4 Å². The zero-order chi connectivity index (χ0) is 14.3. The number of benzene rings is 1. The number of ether oxygens (including phenoxy) is 2. The zero-order valence-electron chi connectivity index (χ0n) is 11.2. The highest BCUT2D eigenvalue weighted by Crippen LogP contribution is 2.51. The van der Waals surface area contributed by atoms with Gasteiger partial charge < -0.3 is 14.6 Å². The van der Waals surface area contributed by atoms with E-state index in [1.165, 1.54) is 0 Å². The number of methoxy groups -OCH3 is 1. The van der Waals surface area contributed by atoms with Crippen molar-refractivity contribution in [1.29, 1.82) is 0 Å². The summed E-state index contributed by atoms with van der Waals surface area (Å²) in [6, 6.07) is 5.31. The van der Waals surface area contributed by atoms with E-state index in [1.54, 1.807) is 19.2 Å². The average Bonchev–Trinajstić information content (AvgIpc) is 2.72. The van der Waals surface area contributed by atoms with Gasteiger partial charge in [-0.3, -0.25) is 4.79 Å². The van der Waals surface area contributed by atoms with Crippen LogP contribution in [-0.4, -0.2) is 24.2 Å². The first-order valence-corrected chi connectivity index (χ1v) is 6.71. The van der Waals surface area contributed by atoms with Crippen molar-refractivity contribution in [3.05, 3.63) is 29.3 Å². The lowest BCUT2D eigenvalue weighted by Gasteiger charge is -2.35. The molecule has 1 fully saturated rings. The molecule has 5 heteroatoms. The maximum atomic E-state index is 12.0. The first-order valence-electron chi connectivity index (χ1n) is 6.71. The Morgan fingerprint density at radius 2 is 2.10 bits per heavy atom. The van der Waals surface area contributed by atoms with E-state index in [0.717, 1.165) is 5.56 Å². The SMILES string of the molecule is COc1cccc2c1[C@]1(CC[C@H](C(=O)O)CC1)OC2=O. The van der Waals surface area contributed by atoms with E-state index in [4.69, 9.17) is 14.6 Å². The highest BCUT2D eigenvalue weighted by Gasteiger charge is 2.50. The second-order valence-corrected chi connectivity index (χ2v) is 5.38. The number of rotatable bonds is 2. The Labute approximate surface area is 116 Å². The molecule has 1 N–H and O–H groups in total. The molecule has 0 bridgehead atoms. The number of carboxylic acid groups (broad SMARTS) is 1. The summed E-state index contributed by atoms with van der Waals surface area (Å²) in [5.74, 6) is -0.822. The predicted octanol–water partition coefficient (Wildman–Crippen LogP) is 2.34. The van der Waals surface area contributed by atoms with Crippen LogP contribution in [0.2, 0.25) is 0 Å². The zero-order valence-corrected chi connectivity index (χ0v) is 11.2. The molecule has 0 amide bonds. The highest BCUT2D eigenvalue weighted by atomic mass is 16.6. The monoisotopic (exact) mass is 276 g/mol. The molecule has 1 saturated carbocycles. The number of hydrogen-bond acceptors (Lipinski definition) is 4. The van der Waals surface area contributed by atoms with Crippen molar-refractivity contribution >= 4 is 11.9 Å². The molecule has 106 valence electrons. The van der Waals surface area contributed by atoms with Crippen LogP contribution in [0.5, 0.6) is 5.75 Å². The lowest BCUT2D eigenvalue weighted by molar-refractivity contribution is -0.144. The Kier molecular flexibility index (Phi) is 2.92. The standard InChI is InChI=1S/C15H16O5/c1-19-11-4-2-3-10-12(11)15(20-14(10)18)7-5-9(6-8-15)13(16)17/h2-4,9H,5-8H2,1H3,(H,16,17)/t9-,15+. The molecule has 1 aromatic rings. The van der Waals surface area contributed by atoms with Gasteiger partial charge in [0.2, 0.25) is 0 Å². The molecular weight excluding hydrogens is 260 g/mol. The summed E-state index contributed by atoms with van der Waals surface area (Å²) < 4.78 is 11.0. The summed E-state index contributed by atoms with van der Waals surface area (Å²) in [7, 11) is 1.56. The molecule has 0 atom stereocenters. The Morgan fingerprint density at radius 3 is 2.70 bits per heavy atom. The number of hydrogen-bond donors (Lipinski definition) is 1. The van der Waals surface area contributed by atoms with E-state index in [0.29, 0.717) is 37.0 Å². The Morgan fingerprint density at radius 1 is 1.40 bits per heavy atom. The first kappa shape index (κ1) is 13.0. The molecule has 1 aliphatic heterocycles. The molecule has 20 heavy (non-hydrogen) atoms. The van der Waals surface area contributed by atoms with Gasteiger partial charge in [-0.2, -0.15) is 0 Å². The maximum Gasteiger partial charge on any atom is 0.339 e. The molecule has 1 heterocycles. The van der Waals surface area contributed by atoms with E-state index in [2.05, 4.69) is 0 Å². The van der Waals surface area contributed by atoms with E-state index in [9.17, 15) is 9.59 Å². The quantitative estimate of drug-likeness (QED) is 0.839. The summed E-state index contributed by atoms with van der Waals surface area (Å²) in [5, 5.41) is 9.09. The predicted molar refractivity (Wildman–Crippen MR) is 69.7 cm³/mol. The van der Waals surface area contributed by atoms with Gasteiger partial charge in [0.15, 0.2) is 0 Å². The molecule has 2 aliphatic rings. The van der Waals surface area contributed by atoms with Gasteiger partial charge in [-0.25, -0.2) is 4.79 Å². The minimum atomic E-state index is -0.774. The summed E-state index contributed by atoms with van der Waals surface area (Å²) in [5.41, 5.74) is 0.625. The van der Waals surface area contributed by atoms with Crippen LogP contribution in [0.1, 0.15) is 41.6 Å². The van der Waals surface area contributed by atoms with Crippen molar-refractivity contribution in [3.8, 4) is 5.75 Å². The average molecular weight is 276 g/mol. The third-order valence-corrected chi connectivity index (χ3v) is 4.35. The number of carboxylic acids is 1. The number of esters is 1. The van der Waals surface area contributed by atoms with Gasteiger partial charge in [0.25, 0.3) is 0 Å². The third kappa shape index (κ3) is 1.77. The Bertz CT molecular complexity index is 570. The molecule has 1 spiro atoms. The van der Waals surface area contributed by atoms with Crippen molar-refractivity contribution < 1.29 is 24.2 Å². The normalized spacial score (nSPS) is 28.1. The van der Waals surface area contributed by atoms with E-state index in [-0.39, 0.29) is 11.9 Å². The Hall–Kier alpha value is -2.04. The summed E-state index contributed by atoms with van der Waals surface area (Å²) in [6.45, 7) is 0. The van der Waals surface area contributed by atoms with Gasteiger partial charge in [0, 0.05) is 0 Å². The van der Waals surface area contributed by atoms with E-state index < -0.39 is 11.6 Å². The second kappa shape index (κ2) is 4.51. The highest BCUT2D eigenvalue weighted by molar-refractivity contribution is 5.95. The molecule has 3 rings (SSSR count). The molecule has 0 aromatic heterocycles. The van der Waals surface area contributed by atoms with Crippen LogP contribution in [0.4, 0.5) is 0 Å². The summed E-state index contributed by atoms with van der Waals surface area (Å²) in [4.78, 5) is 23.1. The molecule has 0 radical (unpaired) electrons. The van der Waals surface area contributed by atoms with Crippen LogP contribution in [0.25, 0.3) is 0 Å².